The van der Waals surface area contributed by atoms with Gasteiger partial charge in [-0.15, -0.1) is 0 Å². The van der Waals surface area contributed by atoms with Gasteiger partial charge in [-0.05, 0) is 37.3 Å². The second kappa shape index (κ2) is 6.51. The molecular weight excluding hydrogens is 236 g/mol. The topological polar surface area (TPSA) is 47.3 Å². The van der Waals surface area contributed by atoms with Crippen molar-refractivity contribution in [3.05, 3.63) is 34.9 Å². The van der Waals surface area contributed by atoms with Gasteiger partial charge in [0, 0.05) is 6.61 Å². The van der Waals surface area contributed by atoms with E-state index in [1.54, 1.807) is 0 Å². The van der Waals surface area contributed by atoms with Gasteiger partial charge in [0.2, 0.25) is 0 Å². The van der Waals surface area contributed by atoms with Gasteiger partial charge in [-0.25, -0.2) is 0 Å². The molecule has 0 heterocycles. The van der Waals surface area contributed by atoms with Crippen molar-refractivity contribution >= 4 is 0 Å². The Morgan fingerprint density at radius 1 is 1.26 bits per heavy atom. The van der Waals surface area contributed by atoms with E-state index in [1.807, 2.05) is 6.92 Å². The number of hydrogen-bond donors (Lipinski definition) is 2. The van der Waals surface area contributed by atoms with Gasteiger partial charge in [-0.2, -0.15) is 0 Å². The smallest absolute Gasteiger partial charge is 0.0830 e. The summed E-state index contributed by atoms with van der Waals surface area (Å²) in [5, 5.41) is 0. The van der Waals surface area contributed by atoms with E-state index in [4.69, 9.17) is 10.6 Å². The number of hydrogen-bond acceptors (Lipinski definition) is 3. The van der Waals surface area contributed by atoms with Gasteiger partial charge >= 0.3 is 0 Å². The number of aryl methyl sites for hydroxylation is 2. The van der Waals surface area contributed by atoms with E-state index < -0.39 is 0 Å². The van der Waals surface area contributed by atoms with Crippen LogP contribution in [0, 0.1) is 19.3 Å². The molecule has 0 bridgehead atoms. The minimum Gasteiger partial charge on any atom is -0.376 e. The van der Waals surface area contributed by atoms with E-state index >= 15 is 0 Å². The molecule has 2 atom stereocenters. The lowest BCUT2D eigenvalue weighted by Crippen LogP contribution is -2.45. The van der Waals surface area contributed by atoms with E-state index in [1.165, 1.54) is 16.7 Å². The van der Waals surface area contributed by atoms with Crippen molar-refractivity contribution in [1.82, 2.24) is 5.43 Å². The number of hydrazine groups is 1. The second-order valence-corrected chi connectivity index (χ2v) is 6.25. The maximum Gasteiger partial charge on any atom is 0.0830 e. The van der Waals surface area contributed by atoms with Crippen molar-refractivity contribution in [2.75, 3.05) is 6.61 Å². The molecule has 108 valence electrons. The SMILES string of the molecule is CCOC(C(NN)c1cc(C)ccc1C)C(C)(C)C. The van der Waals surface area contributed by atoms with E-state index in [-0.39, 0.29) is 17.6 Å². The van der Waals surface area contributed by atoms with Crippen molar-refractivity contribution in [3.63, 3.8) is 0 Å². The third-order valence-electron chi connectivity index (χ3n) is 3.45. The Kier molecular flexibility index (Phi) is 5.53. The fraction of sp³-hybridized carbons (Fsp3) is 0.625. The summed E-state index contributed by atoms with van der Waals surface area (Å²) in [6.07, 6.45) is 0.0306. The zero-order chi connectivity index (χ0) is 14.6. The summed E-state index contributed by atoms with van der Waals surface area (Å²) < 4.78 is 5.97. The van der Waals surface area contributed by atoms with E-state index in [0.29, 0.717) is 6.61 Å². The van der Waals surface area contributed by atoms with Crippen LogP contribution in [0.2, 0.25) is 0 Å². The Balaban J connectivity index is 3.19. The lowest BCUT2D eigenvalue weighted by molar-refractivity contribution is -0.0368. The quantitative estimate of drug-likeness (QED) is 0.634. The Labute approximate surface area is 117 Å². The highest BCUT2D eigenvalue weighted by atomic mass is 16.5. The highest BCUT2D eigenvalue weighted by Gasteiger charge is 2.34. The lowest BCUT2D eigenvalue weighted by Gasteiger charge is -2.37. The predicted octanol–water partition coefficient (Wildman–Crippen LogP) is 3.26. The van der Waals surface area contributed by atoms with E-state index in [0.717, 1.165) is 0 Å². The highest BCUT2D eigenvalue weighted by Crippen LogP contribution is 2.34. The average Bonchev–Trinajstić information content (AvgIpc) is 2.32. The summed E-state index contributed by atoms with van der Waals surface area (Å²) in [6.45, 7) is 13.5. The molecule has 0 fully saturated rings. The van der Waals surface area contributed by atoms with Crippen LogP contribution in [0.3, 0.4) is 0 Å². The largest absolute Gasteiger partial charge is 0.376 e. The standard InChI is InChI=1S/C16H28N2O/c1-7-19-15(16(4,5)6)14(18-17)13-10-11(2)8-9-12(13)3/h8-10,14-15,18H,7,17H2,1-6H3. The van der Waals surface area contributed by atoms with Gasteiger partial charge in [-0.3, -0.25) is 11.3 Å². The number of nitrogens with two attached hydrogens (primary N) is 1. The van der Waals surface area contributed by atoms with Crippen molar-refractivity contribution in [1.29, 1.82) is 0 Å². The molecule has 3 nitrogen and oxygen atoms in total. The molecule has 1 rings (SSSR count). The van der Waals surface area contributed by atoms with Crippen LogP contribution < -0.4 is 11.3 Å². The minimum absolute atomic E-state index is 0.000139. The van der Waals surface area contributed by atoms with Crippen LogP contribution in [0.1, 0.15) is 50.4 Å². The molecule has 0 spiro atoms. The van der Waals surface area contributed by atoms with E-state index in [9.17, 15) is 0 Å². The van der Waals surface area contributed by atoms with Gasteiger partial charge in [0.25, 0.3) is 0 Å². The Morgan fingerprint density at radius 2 is 1.89 bits per heavy atom. The number of ether oxygens (including phenoxy) is 1. The van der Waals surface area contributed by atoms with Gasteiger partial charge in [-0.1, -0.05) is 44.5 Å². The molecule has 0 saturated carbocycles. The molecule has 0 aromatic heterocycles. The van der Waals surface area contributed by atoms with Crippen molar-refractivity contribution in [2.45, 2.75) is 53.7 Å². The van der Waals surface area contributed by atoms with Crippen LogP contribution in [0.5, 0.6) is 0 Å². The normalized spacial score (nSPS) is 15.3. The summed E-state index contributed by atoms with van der Waals surface area (Å²) in [4.78, 5) is 0. The van der Waals surface area contributed by atoms with Crippen LogP contribution in [0.15, 0.2) is 18.2 Å². The second-order valence-electron chi connectivity index (χ2n) is 6.25. The molecule has 0 saturated heterocycles. The maximum absolute atomic E-state index is 5.97. The molecule has 1 aromatic carbocycles. The molecular formula is C16H28N2O. The molecule has 19 heavy (non-hydrogen) atoms. The van der Waals surface area contributed by atoms with Crippen LogP contribution in [0.4, 0.5) is 0 Å². The number of nitrogens with one attached hydrogen (secondary N) is 1. The zero-order valence-electron chi connectivity index (χ0n) is 13.1. The van der Waals surface area contributed by atoms with E-state index in [2.05, 4.69) is 58.2 Å². The summed E-state index contributed by atoms with van der Waals surface area (Å²) in [6, 6.07) is 6.46. The first-order valence-electron chi connectivity index (χ1n) is 6.96. The maximum atomic E-state index is 5.97. The van der Waals surface area contributed by atoms with Crippen molar-refractivity contribution in [3.8, 4) is 0 Å². The Morgan fingerprint density at radius 3 is 2.37 bits per heavy atom. The Bertz CT molecular complexity index is 410. The van der Waals surface area contributed by atoms with Crippen molar-refractivity contribution in [2.24, 2.45) is 11.3 Å². The molecule has 3 N–H and O–H groups in total. The summed E-state index contributed by atoms with van der Waals surface area (Å²) in [5.41, 5.74) is 6.67. The third kappa shape index (κ3) is 4.03. The molecule has 0 amide bonds. The van der Waals surface area contributed by atoms with Crippen LogP contribution >= 0.6 is 0 Å². The monoisotopic (exact) mass is 264 g/mol. The fourth-order valence-electron chi connectivity index (χ4n) is 2.46. The number of benzene rings is 1. The first-order valence-corrected chi connectivity index (χ1v) is 6.96. The van der Waals surface area contributed by atoms with Crippen molar-refractivity contribution < 1.29 is 4.74 Å². The first-order chi connectivity index (χ1) is 8.81. The van der Waals surface area contributed by atoms with Crippen LogP contribution in [-0.2, 0) is 4.74 Å². The zero-order valence-corrected chi connectivity index (χ0v) is 13.1. The van der Waals surface area contributed by atoms with Crippen LogP contribution in [-0.4, -0.2) is 12.7 Å². The summed E-state index contributed by atoms with van der Waals surface area (Å²) in [7, 11) is 0. The van der Waals surface area contributed by atoms with Gasteiger partial charge in [0.05, 0.1) is 12.1 Å². The van der Waals surface area contributed by atoms with Gasteiger partial charge < -0.3 is 4.74 Å². The van der Waals surface area contributed by atoms with Gasteiger partial charge in [0.1, 0.15) is 0 Å². The average molecular weight is 264 g/mol. The Hall–Kier alpha value is -0.900. The molecule has 0 aliphatic carbocycles. The summed E-state index contributed by atoms with van der Waals surface area (Å²) in [5.74, 6) is 5.82. The van der Waals surface area contributed by atoms with Crippen LogP contribution in [0.25, 0.3) is 0 Å². The molecule has 3 heteroatoms. The minimum atomic E-state index is -0.000139. The molecule has 0 radical (unpaired) electrons. The lowest BCUT2D eigenvalue weighted by atomic mass is 9.81. The molecule has 2 unspecified atom stereocenters. The molecule has 0 aliphatic heterocycles. The van der Waals surface area contributed by atoms with Gasteiger partial charge in [0.15, 0.2) is 0 Å². The predicted molar refractivity (Wildman–Crippen MR) is 80.8 cm³/mol. The molecule has 1 aromatic rings. The molecule has 0 aliphatic rings. The summed E-state index contributed by atoms with van der Waals surface area (Å²) >= 11 is 0. The highest BCUT2D eigenvalue weighted by molar-refractivity contribution is 5.34. The fourth-order valence-corrected chi connectivity index (χ4v) is 2.46. The third-order valence-corrected chi connectivity index (χ3v) is 3.45. The number of rotatable bonds is 5. The first kappa shape index (κ1) is 16.2.